The van der Waals surface area contributed by atoms with E-state index in [9.17, 15) is 22.8 Å². The van der Waals surface area contributed by atoms with Gasteiger partial charge in [-0.1, -0.05) is 24.3 Å². The van der Waals surface area contributed by atoms with Crippen molar-refractivity contribution in [2.24, 2.45) is 5.10 Å². The van der Waals surface area contributed by atoms with Gasteiger partial charge in [-0.25, -0.2) is 5.01 Å². The van der Waals surface area contributed by atoms with E-state index in [-0.39, 0.29) is 25.3 Å². The van der Waals surface area contributed by atoms with Gasteiger partial charge in [0.05, 0.1) is 38.1 Å². The third-order valence-electron chi connectivity index (χ3n) is 6.71. The van der Waals surface area contributed by atoms with Gasteiger partial charge in [0.2, 0.25) is 0 Å². The first-order valence-electron chi connectivity index (χ1n) is 12.8. The van der Waals surface area contributed by atoms with Crippen LogP contribution in [0.2, 0.25) is 0 Å². The van der Waals surface area contributed by atoms with Gasteiger partial charge in [0.15, 0.2) is 0 Å². The van der Waals surface area contributed by atoms with Crippen LogP contribution in [0.5, 0.6) is 11.5 Å². The van der Waals surface area contributed by atoms with Crippen molar-refractivity contribution in [2.75, 3.05) is 41.0 Å². The summed E-state index contributed by atoms with van der Waals surface area (Å²) >= 11 is 0. The van der Waals surface area contributed by atoms with Crippen LogP contribution in [0.15, 0.2) is 77.9 Å². The fraction of sp³-hybridized carbons (Fsp3) is 0.300. The van der Waals surface area contributed by atoms with Crippen LogP contribution < -0.4 is 9.47 Å². The van der Waals surface area contributed by atoms with Gasteiger partial charge in [-0.2, -0.15) is 18.3 Å². The summed E-state index contributed by atoms with van der Waals surface area (Å²) in [6.45, 7) is -0.180. The van der Waals surface area contributed by atoms with E-state index in [4.69, 9.17) is 14.2 Å². The first-order valence-corrected chi connectivity index (χ1v) is 12.8. The van der Waals surface area contributed by atoms with Crippen LogP contribution >= 0.6 is 0 Å². The Morgan fingerprint density at radius 3 is 2.24 bits per heavy atom. The van der Waals surface area contributed by atoms with Crippen LogP contribution in [0.25, 0.3) is 0 Å². The molecule has 216 valence electrons. The molecule has 1 unspecified atom stereocenters. The molecule has 1 atom stereocenters. The molecule has 0 saturated heterocycles. The van der Waals surface area contributed by atoms with Crippen molar-refractivity contribution in [3.63, 3.8) is 0 Å². The molecular weight excluding hydrogens is 539 g/mol. The second kappa shape index (κ2) is 12.9. The molecular formula is C30H30F3N3O5. The van der Waals surface area contributed by atoms with Crippen molar-refractivity contribution in [1.29, 1.82) is 0 Å². The summed E-state index contributed by atoms with van der Waals surface area (Å²) < 4.78 is 54.8. The molecule has 0 aliphatic carbocycles. The third-order valence-corrected chi connectivity index (χ3v) is 6.71. The summed E-state index contributed by atoms with van der Waals surface area (Å²) in [6.07, 6.45) is -4.12. The number of ether oxygens (including phenoxy) is 3. The lowest BCUT2D eigenvalue weighted by molar-refractivity contribution is -0.137. The molecule has 1 heterocycles. The molecule has 0 N–H and O–H groups in total. The second-order valence-corrected chi connectivity index (χ2v) is 9.30. The topological polar surface area (TPSA) is 80.7 Å². The van der Waals surface area contributed by atoms with Gasteiger partial charge in [-0.05, 0) is 54.1 Å². The molecule has 0 fully saturated rings. The van der Waals surface area contributed by atoms with E-state index in [1.54, 1.807) is 26.4 Å². The van der Waals surface area contributed by atoms with Crippen molar-refractivity contribution in [2.45, 2.75) is 18.6 Å². The van der Waals surface area contributed by atoms with Crippen LogP contribution in [-0.2, 0) is 15.7 Å². The molecule has 1 aliphatic rings. The van der Waals surface area contributed by atoms with Gasteiger partial charge in [-0.3, -0.25) is 9.59 Å². The zero-order valence-corrected chi connectivity index (χ0v) is 22.9. The Hall–Kier alpha value is -4.38. The molecule has 0 spiro atoms. The van der Waals surface area contributed by atoms with Crippen molar-refractivity contribution >= 4 is 17.5 Å². The number of halogens is 3. The second-order valence-electron chi connectivity index (χ2n) is 9.30. The van der Waals surface area contributed by atoms with E-state index in [0.29, 0.717) is 23.6 Å². The molecule has 8 nitrogen and oxygen atoms in total. The zero-order chi connectivity index (χ0) is 29.6. The van der Waals surface area contributed by atoms with Crippen LogP contribution in [0.1, 0.15) is 39.5 Å². The lowest BCUT2D eigenvalue weighted by atomic mass is 9.98. The molecule has 4 rings (SSSR count). The summed E-state index contributed by atoms with van der Waals surface area (Å²) in [5, 5.41) is 6.02. The minimum Gasteiger partial charge on any atom is -0.497 e. The van der Waals surface area contributed by atoms with E-state index in [0.717, 1.165) is 35.4 Å². The monoisotopic (exact) mass is 569 g/mol. The van der Waals surface area contributed by atoms with Gasteiger partial charge < -0.3 is 19.1 Å². The smallest absolute Gasteiger partial charge is 0.416 e. The summed E-state index contributed by atoms with van der Waals surface area (Å²) in [6, 6.07) is 18.1. The Labute approximate surface area is 235 Å². The Bertz CT molecular complexity index is 1390. The number of carbonyl (C=O) groups excluding carboxylic acids is 2. The Balaban J connectivity index is 1.63. The first kappa shape index (κ1) is 29.6. The highest BCUT2D eigenvalue weighted by Gasteiger charge is 2.35. The van der Waals surface area contributed by atoms with E-state index >= 15 is 0 Å². The fourth-order valence-corrected chi connectivity index (χ4v) is 4.48. The highest BCUT2D eigenvalue weighted by Crippen LogP contribution is 2.34. The molecule has 11 heteroatoms. The summed E-state index contributed by atoms with van der Waals surface area (Å²) in [7, 11) is 4.58. The Morgan fingerprint density at radius 2 is 1.63 bits per heavy atom. The first-order chi connectivity index (χ1) is 19.6. The number of hydrogen-bond donors (Lipinski definition) is 0. The Kier molecular flexibility index (Phi) is 9.28. The molecule has 0 radical (unpaired) electrons. The molecule has 0 bridgehead atoms. The number of rotatable bonds is 10. The quantitative estimate of drug-likeness (QED) is 0.336. The molecule has 3 aromatic carbocycles. The molecule has 41 heavy (non-hydrogen) atoms. The number of hydrazone groups is 1. The van der Waals surface area contributed by atoms with E-state index in [1.165, 1.54) is 17.0 Å². The maximum absolute atomic E-state index is 13.7. The number of benzene rings is 3. The standard InChI is InChI=1S/C30H30F3N3O5/c1-39-16-15-35(29(38)21-7-11-23(12-8-21)30(31,32)33)19-28(37)36-27(20-9-13-24(40-2)14-10-20)18-26(34-36)22-5-4-6-25(17-22)41-3/h4-14,17,27H,15-16,18-19H2,1-3H3. The van der Waals surface area contributed by atoms with Crippen LogP contribution in [0, 0.1) is 0 Å². The van der Waals surface area contributed by atoms with Crippen LogP contribution in [0.3, 0.4) is 0 Å². The average molecular weight is 570 g/mol. The number of carbonyl (C=O) groups is 2. The Morgan fingerprint density at radius 1 is 0.951 bits per heavy atom. The molecule has 3 aromatic rings. The van der Waals surface area contributed by atoms with Crippen molar-refractivity contribution in [3.05, 3.63) is 95.1 Å². The van der Waals surface area contributed by atoms with Crippen LogP contribution in [0.4, 0.5) is 13.2 Å². The van der Waals surface area contributed by atoms with Gasteiger partial charge in [0.1, 0.15) is 18.0 Å². The maximum atomic E-state index is 13.7. The highest BCUT2D eigenvalue weighted by atomic mass is 19.4. The predicted molar refractivity (Wildman–Crippen MR) is 146 cm³/mol. The van der Waals surface area contributed by atoms with Gasteiger partial charge in [0.25, 0.3) is 11.8 Å². The number of hydrogen-bond acceptors (Lipinski definition) is 6. The lowest BCUT2D eigenvalue weighted by Crippen LogP contribution is -2.42. The SMILES string of the molecule is COCCN(CC(=O)N1N=C(c2cccc(OC)c2)CC1c1ccc(OC)cc1)C(=O)c1ccc(C(F)(F)F)cc1. The number of alkyl halides is 3. The summed E-state index contributed by atoms with van der Waals surface area (Å²) in [5.41, 5.74) is 1.42. The number of amides is 2. The van der Waals surface area contributed by atoms with E-state index in [1.807, 2.05) is 36.4 Å². The van der Waals surface area contributed by atoms with E-state index in [2.05, 4.69) is 5.10 Å². The molecule has 0 saturated carbocycles. The van der Waals surface area contributed by atoms with Crippen molar-refractivity contribution in [1.82, 2.24) is 9.91 Å². The lowest BCUT2D eigenvalue weighted by Gasteiger charge is -2.27. The minimum atomic E-state index is -4.53. The summed E-state index contributed by atoms with van der Waals surface area (Å²) in [5.74, 6) is 0.247. The normalized spacial score (nSPS) is 14.9. The molecule has 0 aromatic heterocycles. The van der Waals surface area contributed by atoms with Crippen molar-refractivity contribution in [3.8, 4) is 11.5 Å². The van der Waals surface area contributed by atoms with Crippen molar-refractivity contribution < 1.29 is 37.0 Å². The number of nitrogens with zero attached hydrogens (tertiary/aromatic N) is 3. The fourth-order valence-electron chi connectivity index (χ4n) is 4.48. The summed E-state index contributed by atoms with van der Waals surface area (Å²) in [4.78, 5) is 28.3. The van der Waals surface area contributed by atoms with Gasteiger partial charge in [0, 0.05) is 31.2 Å². The van der Waals surface area contributed by atoms with Crippen LogP contribution in [-0.4, -0.2) is 68.5 Å². The van der Waals surface area contributed by atoms with Gasteiger partial charge >= 0.3 is 6.18 Å². The molecule has 1 aliphatic heterocycles. The highest BCUT2D eigenvalue weighted by molar-refractivity contribution is 6.04. The largest absolute Gasteiger partial charge is 0.497 e. The zero-order valence-electron chi connectivity index (χ0n) is 22.9. The molecule has 2 amide bonds. The van der Waals surface area contributed by atoms with Gasteiger partial charge in [-0.15, -0.1) is 0 Å². The predicted octanol–water partition coefficient (Wildman–Crippen LogP) is 5.19. The maximum Gasteiger partial charge on any atom is 0.416 e. The number of methoxy groups -OCH3 is 3. The van der Waals surface area contributed by atoms with E-state index < -0.39 is 29.6 Å². The average Bonchev–Trinajstić information content (AvgIpc) is 3.44. The minimum absolute atomic E-state index is 0.0237. The third kappa shape index (κ3) is 7.04.